The molecule has 0 aromatic heterocycles. The molecule has 0 fully saturated rings. The van der Waals surface area contributed by atoms with Crippen LogP contribution in [0, 0.1) is 0 Å². The molecular weight excluding hydrogens is 355 g/mol. The largest absolute Gasteiger partial charge is 0.0558 e. The molecule has 0 spiro atoms. The second-order valence-electron chi connectivity index (χ2n) is 12.8. The monoisotopic (exact) mass is 393 g/mol. The Kier molecular flexibility index (Phi) is 4.84. The van der Waals surface area contributed by atoms with Crippen LogP contribution in [-0.2, 0) is 28.1 Å². The van der Waals surface area contributed by atoms with E-state index >= 15 is 0 Å². The van der Waals surface area contributed by atoms with Gasteiger partial charge in [-0.25, -0.2) is 0 Å². The Labute approximate surface area is 196 Å². The van der Waals surface area contributed by atoms with Gasteiger partial charge < -0.3 is 0 Å². The van der Waals surface area contributed by atoms with Crippen LogP contribution in [0.3, 0.4) is 0 Å². The maximum atomic E-state index is 2.59. The molecule has 0 N–H and O–H groups in total. The van der Waals surface area contributed by atoms with Crippen LogP contribution in [-0.4, -0.2) is 18.9 Å². The molecule has 5 rings (SSSR count). The summed E-state index contributed by atoms with van der Waals surface area (Å²) in [5.41, 5.74) is 13.7. The van der Waals surface area contributed by atoms with Crippen LogP contribution in [0.25, 0.3) is 11.1 Å². The first-order chi connectivity index (χ1) is 13.3. The van der Waals surface area contributed by atoms with Crippen molar-refractivity contribution in [3.63, 3.8) is 0 Å². The fourth-order valence-corrected chi connectivity index (χ4v) is 6.32. The van der Waals surface area contributed by atoms with Crippen LogP contribution < -0.4 is 0 Å². The third-order valence-corrected chi connectivity index (χ3v) is 8.82. The number of fused-ring (bicyclic) bond motifs is 5. The summed E-state index contributed by atoms with van der Waals surface area (Å²) in [6.45, 7) is 19.6. The summed E-state index contributed by atoms with van der Waals surface area (Å²) in [4.78, 5) is 0. The molecule has 2 aromatic carbocycles. The predicted molar refractivity (Wildman–Crippen MR) is 131 cm³/mol. The fourth-order valence-electron chi connectivity index (χ4n) is 6.32. The first-order valence-electron chi connectivity index (χ1n) is 11.7. The Morgan fingerprint density at radius 1 is 0.467 bits per heavy atom. The van der Waals surface area contributed by atoms with Gasteiger partial charge in [-0.3, -0.25) is 0 Å². The third kappa shape index (κ3) is 3.09. The molecule has 1 radical (unpaired) electrons. The van der Waals surface area contributed by atoms with Gasteiger partial charge in [-0.05, 0) is 98.3 Å². The van der Waals surface area contributed by atoms with Crippen LogP contribution in [0.2, 0.25) is 0 Å². The van der Waals surface area contributed by atoms with Crippen LogP contribution in [0.1, 0.15) is 114 Å². The van der Waals surface area contributed by atoms with E-state index in [0.717, 1.165) is 6.42 Å². The van der Waals surface area contributed by atoms with Crippen molar-refractivity contribution in [2.24, 2.45) is 0 Å². The molecule has 3 aliphatic rings. The van der Waals surface area contributed by atoms with E-state index in [1.54, 1.807) is 33.4 Å². The molecule has 0 atom stereocenters. The number of hydrogen-bond acceptors (Lipinski definition) is 0. The Balaban J connectivity index is 0.00000218. The van der Waals surface area contributed by atoms with Gasteiger partial charge in [0.15, 0.2) is 0 Å². The Morgan fingerprint density at radius 2 is 0.733 bits per heavy atom. The van der Waals surface area contributed by atoms with Gasteiger partial charge in [-0.15, -0.1) is 0 Å². The van der Waals surface area contributed by atoms with Crippen molar-refractivity contribution in [3.8, 4) is 11.1 Å². The van der Waals surface area contributed by atoms with E-state index in [-0.39, 0.29) is 40.5 Å². The average molecular weight is 394 g/mol. The van der Waals surface area contributed by atoms with E-state index in [1.165, 1.54) is 36.8 Å². The second kappa shape index (κ2) is 6.53. The van der Waals surface area contributed by atoms with Crippen LogP contribution in [0.5, 0.6) is 0 Å². The van der Waals surface area contributed by atoms with E-state index in [2.05, 4.69) is 79.7 Å². The van der Waals surface area contributed by atoms with Gasteiger partial charge in [-0.2, -0.15) is 0 Å². The van der Waals surface area contributed by atoms with Crippen LogP contribution in [0.4, 0.5) is 0 Å². The molecule has 1 heteroatoms. The molecule has 3 aliphatic carbocycles. The molecule has 155 valence electrons. The molecule has 0 amide bonds. The summed E-state index contributed by atoms with van der Waals surface area (Å²) >= 11 is 0. The third-order valence-electron chi connectivity index (χ3n) is 8.82. The minimum absolute atomic E-state index is 0. The normalized spacial score (nSPS) is 23.5. The summed E-state index contributed by atoms with van der Waals surface area (Å²) in [6, 6.07) is 10.3. The van der Waals surface area contributed by atoms with Crippen molar-refractivity contribution in [3.05, 3.63) is 57.6 Å². The zero-order chi connectivity index (χ0) is 21.0. The maximum absolute atomic E-state index is 2.59. The molecule has 0 saturated heterocycles. The predicted octanol–water partition coefficient (Wildman–Crippen LogP) is 7.58. The van der Waals surface area contributed by atoms with E-state index in [1.807, 2.05) is 0 Å². The molecule has 0 bridgehead atoms. The number of benzene rings is 2. The van der Waals surface area contributed by atoms with Gasteiger partial charge in [0.1, 0.15) is 0 Å². The zero-order valence-corrected chi connectivity index (χ0v) is 20.8. The summed E-state index contributed by atoms with van der Waals surface area (Å²) in [5, 5.41) is 0. The van der Waals surface area contributed by atoms with Crippen molar-refractivity contribution >= 4 is 18.9 Å². The van der Waals surface area contributed by atoms with Gasteiger partial charge in [-0.1, -0.05) is 79.7 Å². The van der Waals surface area contributed by atoms with Gasteiger partial charge in [0.25, 0.3) is 0 Å². The van der Waals surface area contributed by atoms with Crippen LogP contribution in [0.15, 0.2) is 24.3 Å². The maximum Gasteiger partial charge on any atom is 0 e. The Hall–Kier alpha value is -0.963. The molecule has 30 heavy (non-hydrogen) atoms. The summed E-state index contributed by atoms with van der Waals surface area (Å²) in [7, 11) is 0. The first kappa shape index (κ1) is 22.2. The second-order valence-corrected chi connectivity index (χ2v) is 12.8. The zero-order valence-electron chi connectivity index (χ0n) is 20.8. The molecular formula is C29H38Li. The molecule has 2 aromatic rings. The van der Waals surface area contributed by atoms with Crippen molar-refractivity contribution in [2.75, 3.05) is 0 Å². The van der Waals surface area contributed by atoms with Crippen molar-refractivity contribution < 1.29 is 0 Å². The van der Waals surface area contributed by atoms with Crippen molar-refractivity contribution in [1.29, 1.82) is 0 Å². The van der Waals surface area contributed by atoms with E-state index in [4.69, 9.17) is 0 Å². The van der Waals surface area contributed by atoms with Gasteiger partial charge >= 0.3 is 0 Å². The van der Waals surface area contributed by atoms with Gasteiger partial charge in [0.05, 0.1) is 0 Å². The Bertz CT molecular complexity index is 949. The summed E-state index contributed by atoms with van der Waals surface area (Å²) < 4.78 is 0. The first-order valence-corrected chi connectivity index (χ1v) is 11.7. The molecule has 0 heterocycles. The summed E-state index contributed by atoms with van der Waals surface area (Å²) in [5.74, 6) is 0. The average Bonchev–Trinajstić information content (AvgIpc) is 2.98. The van der Waals surface area contributed by atoms with E-state index < -0.39 is 0 Å². The van der Waals surface area contributed by atoms with Gasteiger partial charge in [0, 0.05) is 18.9 Å². The number of hydrogen-bond donors (Lipinski definition) is 0. The standard InChI is InChI=1S/C29H38.Li/c1-26(2)9-11-28(5,6)24-16-20-18(14-22(24)26)13-19-15-23-25(17-21(19)20)29(7,8)12-10-27(23,3)4;/h14-17H,9-13H2,1-8H3;. The minimum Gasteiger partial charge on any atom is -0.0558 e. The number of rotatable bonds is 0. The molecule has 0 saturated carbocycles. The van der Waals surface area contributed by atoms with E-state index in [9.17, 15) is 0 Å². The summed E-state index contributed by atoms with van der Waals surface area (Å²) in [6.07, 6.45) is 6.25. The quantitative estimate of drug-likeness (QED) is 0.345. The smallest absolute Gasteiger partial charge is 0 e. The Morgan fingerprint density at radius 3 is 1.03 bits per heavy atom. The topological polar surface area (TPSA) is 0 Å². The van der Waals surface area contributed by atoms with Crippen molar-refractivity contribution in [2.45, 2.75) is 109 Å². The SMILES string of the molecule is CC1(C)CCC(C)(C)c2cc3c(cc21)Cc1cc2c(cc1-3)C(C)(C)CCC2(C)C.[Li]. The van der Waals surface area contributed by atoms with Crippen LogP contribution >= 0.6 is 0 Å². The van der Waals surface area contributed by atoms with Gasteiger partial charge in [0.2, 0.25) is 0 Å². The molecule has 0 unspecified atom stereocenters. The minimum atomic E-state index is 0. The van der Waals surface area contributed by atoms with E-state index in [0.29, 0.717) is 0 Å². The van der Waals surface area contributed by atoms with Crippen molar-refractivity contribution in [1.82, 2.24) is 0 Å². The molecule has 0 aliphatic heterocycles. The molecule has 0 nitrogen and oxygen atoms in total. The fraction of sp³-hybridized carbons (Fsp3) is 0.586.